The van der Waals surface area contributed by atoms with Crippen molar-refractivity contribution in [3.63, 3.8) is 0 Å². The molecule has 3 rings (SSSR count). The Hall–Kier alpha value is -3.65. The molecule has 8 heteroatoms. The minimum Gasteiger partial charge on any atom is -0.462 e. The zero-order valence-electron chi connectivity index (χ0n) is 21.0. The van der Waals surface area contributed by atoms with Gasteiger partial charge in [-0.3, -0.25) is 4.79 Å². The molecule has 0 fully saturated rings. The Morgan fingerprint density at radius 2 is 1.64 bits per heavy atom. The van der Waals surface area contributed by atoms with Crippen molar-refractivity contribution < 1.29 is 19.1 Å². The van der Waals surface area contributed by atoms with E-state index >= 15 is 0 Å². The number of amides is 3. The summed E-state index contributed by atoms with van der Waals surface area (Å²) in [5.41, 5.74) is 1.98. The van der Waals surface area contributed by atoms with Crippen LogP contribution < -0.4 is 5.32 Å². The Bertz CT molecular complexity index is 1120. The molecule has 190 valence electrons. The molecule has 3 aromatic rings. The summed E-state index contributed by atoms with van der Waals surface area (Å²) in [5, 5.41) is 4.84. The summed E-state index contributed by atoms with van der Waals surface area (Å²) in [5.74, 6) is -0.359. The molecule has 0 bridgehead atoms. The lowest BCUT2D eigenvalue weighted by molar-refractivity contribution is -0.133. The number of rotatable bonds is 11. The molecule has 1 aromatic heterocycles. The molecule has 0 radical (unpaired) electrons. The van der Waals surface area contributed by atoms with E-state index in [2.05, 4.69) is 5.32 Å². The van der Waals surface area contributed by atoms with E-state index < -0.39 is 5.97 Å². The third kappa shape index (κ3) is 8.23. The minimum absolute atomic E-state index is 0.0386. The van der Waals surface area contributed by atoms with Crippen LogP contribution in [0, 0.1) is 5.92 Å². The number of benzene rings is 2. The van der Waals surface area contributed by atoms with Gasteiger partial charge in [-0.25, -0.2) is 9.59 Å². The maximum Gasteiger partial charge on any atom is 0.338 e. The van der Waals surface area contributed by atoms with Crippen LogP contribution in [0.15, 0.2) is 72.1 Å². The van der Waals surface area contributed by atoms with Crippen LogP contribution in [-0.4, -0.2) is 47.4 Å². The maximum atomic E-state index is 13.5. The van der Waals surface area contributed by atoms with Gasteiger partial charge >= 0.3 is 12.0 Å². The average Bonchev–Trinajstić information content (AvgIpc) is 3.37. The van der Waals surface area contributed by atoms with Crippen molar-refractivity contribution in [1.82, 2.24) is 9.80 Å². The van der Waals surface area contributed by atoms with Gasteiger partial charge in [-0.05, 0) is 54.1 Å². The topological polar surface area (TPSA) is 79.0 Å². The van der Waals surface area contributed by atoms with Crippen molar-refractivity contribution in [1.29, 1.82) is 0 Å². The number of nitrogens with zero attached hydrogens (tertiary/aromatic N) is 2. The van der Waals surface area contributed by atoms with Gasteiger partial charge in [0.2, 0.25) is 5.91 Å². The molecule has 0 spiro atoms. The van der Waals surface area contributed by atoms with Crippen molar-refractivity contribution in [2.75, 3.05) is 25.0 Å². The van der Waals surface area contributed by atoms with Gasteiger partial charge in [-0.1, -0.05) is 50.2 Å². The van der Waals surface area contributed by atoms with Crippen molar-refractivity contribution in [2.45, 2.75) is 33.9 Å². The Balaban J connectivity index is 1.71. The van der Waals surface area contributed by atoms with Gasteiger partial charge in [0.05, 0.1) is 18.7 Å². The molecule has 0 saturated heterocycles. The molecule has 1 heterocycles. The predicted molar refractivity (Wildman–Crippen MR) is 143 cm³/mol. The minimum atomic E-state index is -0.411. The summed E-state index contributed by atoms with van der Waals surface area (Å²) in [6.07, 6.45) is 0. The van der Waals surface area contributed by atoms with Gasteiger partial charge in [0.25, 0.3) is 0 Å². The summed E-state index contributed by atoms with van der Waals surface area (Å²) >= 11 is 1.60. The van der Waals surface area contributed by atoms with E-state index in [1.807, 2.05) is 61.7 Å². The van der Waals surface area contributed by atoms with Crippen LogP contribution in [0.4, 0.5) is 10.5 Å². The molecule has 0 atom stereocenters. The highest BCUT2D eigenvalue weighted by Gasteiger charge is 2.23. The van der Waals surface area contributed by atoms with Crippen molar-refractivity contribution in [3.05, 3.63) is 88.1 Å². The third-order valence-corrected chi connectivity index (χ3v) is 6.20. The highest BCUT2D eigenvalue weighted by Crippen LogP contribution is 2.17. The molecule has 2 aromatic carbocycles. The fraction of sp³-hybridized carbons (Fsp3) is 0.321. The van der Waals surface area contributed by atoms with E-state index in [9.17, 15) is 14.4 Å². The summed E-state index contributed by atoms with van der Waals surface area (Å²) in [7, 11) is 0. The zero-order valence-corrected chi connectivity index (χ0v) is 21.8. The molecule has 0 aliphatic carbocycles. The maximum absolute atomic E-state index is 13.5. The third-order valence-electron chi connectivity index (χ3n) is 5.34. The molecule has 7 nitrogen and oxygen atoms in total. The van der Waals surface area contributed by atoms with E-state index in [1.165, 1.54) is 0 Å². The first-order chi connectivity index (χ1) is 17.4. The van der Waals surface area contributed by atoms with Gasteiger partial charge in [0.1, 0.15) is 6.54 Å². The number of ether oxygens (including phenoxy) is 1. The fourth-order valence-electron chi connectivity index (χ4n) is 3.66. The number of esters is 1. The van der Waals surface area contributed by atoms with E-state index in [4.69, 9.17) is 4.74 Å². The Morgan fingerprint density at radius 1 is 0.917 bits per heavy atom. The fourth-order valence-corrected chi connectivity index (χ4v) is 4.38. The number of anilines is 1. The van der Waals surface area contributed by atoms with Gasteiger partial charge in [0.15, 0.2) is 0 Å². The summed E-state index contributed by atoms with van der Waals surface area (Å²) in [6.45, 7) is 7.39. The SMILES string of the molecule is CCOC(=O)c1ccc(NC(=O)N(CC(=O)N(Cc2ccccc2)Cc2cccs2)CC(C)C)cc1. The molecule has 36 heavy (non-hydrogen) atoms. The van der Waals surface area contributed by atoms with E-state index in [1.54, 1.807) is 52.3 Å². The van der Waals surface area contributed by atoms with Crippen molar-refractivity contribution in [2.24, 2.45) is 5.92 Å². The second kappa shape index (κ2) is 13.4. The van der Waals surface area contributed by atoms with Crippen molar-refractivity contribution >= 4 is 34.9 Å². The quantitative estimate of drug-likeness (QED) is 0.341. The standard InChI is InChI=1S/C28H33N3O4S/c1-4-35-27(33)23-12-14-24(15-13-23)29-28(34)31(17-21(2)3)20-26(32)30(19-25-11-8-16-36-25)18-22-9-6-5-7-10-22/h5-16,21H,4,17-20H2,1-3H3,(H,29,34). The first-order valence-corrected chi connectivity index (χ1v) is 12.9. The van der Waals surface area contributed by atoms with Crippen LogP contribution in [0.3, 0.4) is 0 Å². The lowest BCUT2D eigenvalue weighted by atomic mass is 10.2. The van der Waals surface area contributed by atoms with Crippen LogP contribution in [0.5, 0.6) is 0 Å². The molecule has 0 aliphatic rings. The molecule has 1 N–H and O–H groups in total. The molecule has 3 amide bonds. The van der Waals surface area contributed by atoms with Crippen LogP contribution >= 0.6 is 11.3 Å². The van der Waals surface area contributed by atoms with E-state index in [0.29, 0.717) is 37.5 Å². The van der Waals surface area contributed by atoms with Crippen LogP contribution in [0.25, 0.3) is 0 Å². The van der Waals surface area contributed by atoms with Crippen molar-refractivity contribution in [3.8, 4) is 0 Å². The number of carbonyl (C=O) groups excluding carboxylic acids is 3. The van der Waals surface area contributed by atoms with E-state index in [0.717, 1.165) is 10.4 Å². The van der Waals surface area contributed by atoms with Gasteiger partial charge in [0, 0.05) is 23.7 Å². The largest absolute Gasteiger partial charge is 0.462 e. The number of thiophene rings is 1. The van der Waals surface area contributed by atoms with Gasteiger partial charge in [-0.15, -0.1) is 11.3 Å². The number of hydrogen-bond acceptors (Lipinski definition) is 5. The Kier molecular flexibility index (Phi) is 10.1. The van der Waals surface area contributed by atoms with Crippen LogP contribution in [0.2, 0.25) is 0 Å². The Morgan fingerprint density at radius 3 is 2.25 bits per heavy atom. The number of carbonyl (C=O) groups is 3. The van der Waals surface area contributed by atoms with Gasteiger partial charge < -0.3 is 19.9 Å². The van der Waals surface area contributed by atoms with E-state index in [-0.39, 0.29) is 24.4 Å². The highest BCUT2D eigenvalue weighted by atomic mass is 32.1. The second-order valence-corrected chi connectivity index (χ2v) is 9.85. The zero-order chi connectivity index (χ0) is 25.9. The number of urea groups is 1. The molecule has 0 aliphatic heterocycles. The number of nitrogens with one attached hydrogen (secondary N) is 1. The highest BCUT2D eigenvalue weighted by molar-refractivity contribution is 7.09. The molecule has 0 saturated carbocycles. The first-order valence-electron chi connectivity index (χ1n) is 12.0. The van der Waals surface area contributed by atoms with Gasteiger partial charge in [-0.2, -0.15) is 0 Å². The first kappa shape index (κ1) is 26.9. The van der Waals surface area contributed by atoms with Crippen LogP contribution in [0.1, 0.15) is 41.6 Å². The molecular formula is C28H33N3O4S. The number of hydrogen-bond donors (Lipinski definition) is 1. The smallest absolute Gasteiger partial charge is 0.338 e. The summed E-state index contributed by atoms with van der Waals surface area (Å²) in [4.78, 5) is 42.9. The average molecular weight is 508 g/mol. The summed E-state index contributed by atoms with van der Waals surface area (Å²) in [6, 6.07) is 20.0. The lowest BCUT2D eigenvalue weighted by Crippen LogP contribution is -2.45. The lowest BCUT2D eigenvalue weighted by Gasteiger charge is -2.29. The second-order valence-electron chi connectivity index (χ2n) is 8.82. The van der Waals surface area contributed by atoms with Crippen LogP contribution in [-0.2, 0) is 22.6 Å². The Labute approximate surface area is 216 Å². The summed E-state index contributed by atoms with van der Waals surface area (Å²) < 4.78 is 5.00. The monoisotopic (exact) mass is 507 g/mol. The molecule has 0 unspecified atom stereocenters. The predicted octanol–water partition coefficient (Wildman–Crippen LogP) is 5.64. The molecular weight excluding hydrogens is 474 g/mol. The normalized spacial score (nSPS) is 10.7.